The number of pyridine rings is 1. The number of nitrogens with one attached hydrogen (secondary N) is 1. The van der Waals surface area contributed by atoms with Crippen molar-refractivity contribution in [2.24, 2.45) is 5.92 Å². The molecule has 0 saturated carbocycles. The van der Waals surface area contributed by atoms with E-state index in [0.717, 1.165) is 0 Å². The van der Waals surface area contributed by atoms with Crippen molar-refractivity contribution in [2.45, 2.75) is 6.42 Å². The van der Waals surface area contributed by atoms with Gasteiger partial charge in [0.2, 0.25) is 0 Å². The van der Waals surface area contributed by atoms with Crippen LogP contribution >= 0.6 is 0 Å². The molecule has 1 fully saturated rings. The van der Waals surface area contributed by atoms with Crippen molar-refractivity contribution in [1.82, 2.24) is 10.3 Å². The van der Waals surface area contributed by atoms with E-state index < -0.39 is 9.84 Å². The first-order valence-corrected chi connectivity index (χ1v) is 7.28. The van der Waals surface area contributed by atoms with Crippen LogP contribution in [-0.4, -0.2) is 37.4 Å². The number of rotatable bonds is 3. The van der Waals surface area contributed by atoms with Gasteiger partial charge in [0.25, 0.3) is 5.91 Å². The van der Waals surface area contributed by atoms with Gasteiger partial charge in [0.1, 0.15) is 5.69 Å². The predicted octanol–water partition coefficient (Wildman–Crippen LogP) is 0.246. The average molecular weight is 254 g/mol. The Balaban J connectivity index is 1.86. The molecular weight excluding hydrogens is 240 g/mol. The number of hydrogen-bond donors (Lipinski definition) is 1. The lowest BCUT2D eigenvalue weighted by Gasteiger charge is -2.08. The van der Waals surface area contributed by atoms with Crippen LogP contribution in [0.25, 0.3) is 0 Å². The van der Waals surface area contributed by atoms with Crippen LogP contribution in [0.15, 0.2) is 24.4 Å². The fourth-order valence-corrected chi connectivity index (χ4v) is 3.72. The Morgan fingerprint density at radius 1 is 1.47 bits per heavy atom. The van der Waals surface area contributed by atoms with Crippen molar-refractivity contribution < 1.29 is 13.2 Å². The highest BCUT2D eigenvalue weighted by molar-refractivity contribution is 7.91. The molecule has 17 heavy (non-hydrogen) atoms. The van der Waals surface area contributed by atoms with Crippen molar-refractivity contribution in [3.05, 3.63) is 30.1 Å². The van der Waals surface area contributed by atoms with Gasteiger partial charge in [0, 0.05) is 12.7 Å². The van der Waals surface area contributed by atoms with Crippen LogP contribution in [0, 0.1) is 5.92 Å². The molecule has 1 aliphatic rings. The summed E-state index contributed by atoms with van der Waals surface area (Å²) in [6.45, 7) is 0.397. The fourth-order valence-electron chi connectivity index (χ4n) is 1.86. The molecule has 1 amide bonds. The standard InChI is InChI=1S/C11H14N2O3S/c14-11(10-3-1-2-5-12-10)13-7-9-4-6-17(15,16)8-9/h1-3,5,9H,4,6-8H2,(H,13,14)/t9-/m1/s1. The third-order valence-corrected chi connectivity index (χ3v) is 4.61. The van der Waals surface area contributed by atoms with Gasteiger partial charge >= 0.3 is 0 Å². The third kappa shape index (κ3) is 3.26. The Kier molecular flexibility index (Phi) is 3.42. The smallest absolute Gasteiger partial charge is 0.269 e. The molecule has 0 aromatic carbocycles. The van der Waals surface area contributed by atoms with Crippen LogP contribution in [0.4, 0.5) is 0 Å². The molecule has 1 atom stereocenters. The van der Waals surface area contributed by atoms with Crippen LogP contribution in [0.5, 0.6) is 0 Å². The summed E-state index contributed by atoms with van der Waals surface area (Å²) in [6.07, 6.45) is 2.18. The van der Waals surface area contributed by atoms with E-state index in [9.17, 15) is 13.2 Å². The summed E-state index contributed by atoms with van der Waals surface area (Å²) >= 11 is 0. The topological polar surface area (TPSA) is 76.1 Å². The zero-order valence-corrected chi connectivity index (χ0v) is 10.1. The van der Waals surface area contributed by atoms with Crippen molar-refractivity contribution in [3.8, 4) is 0 Å². The minimum atomic E-state index is -2.87. The van der Waals surface area contributed by atoms with Gasteiger partial charge in [0.15, 0.2) is 9.84 Å². The van der Waals surface area contributed by atoms with Gasteiger partial charge in [-0.3, -0.25) is 9.78 Å². The molecule has 1 aromatic rings. The normalized spacial score (nSPS) is 22.2. The monoisotopic (exact) mass is 254 g/mol. The lowest BCUT2D eigenvalue weighted by atomic mass is 10.1. The lowest BCUT2D eigenvalue weighted by Crippen LogP contribution is -2.30. The van der Waals surface area contributed by atoms with Crippen LogP contribution in [0.3, 0.4) is 0 Å². The van der Waals surface area contributed by atoms with Crippen molar-refractivity contribution in [1.29, 1.82) is 0 Å². The van der Waals surface area contributed by atoms with Crippen molar-refractivity contribution in [3.63, 3.8) is 0 Å². The van der Waals surface area contributed by atoms with E-state index >= 15 is 0 Å². The molecule has 0 aliphatic carbocycles. The number of nitrogens with zero attached hydrogens (tertiary/aromatic N) is 1. The first kappa shape index (κ1) is 12.0. The summed E-state index contributed by atoms with van der Waals surface area (Å²) in [4.78, 5) is 15.6. The molecule has 0 unspecified atom stereocenters. The van der Waals surface area contributed by atoms with Crippen LogP contribution < -0.4 is 5.32 Å². The first-order valence-electron chi connectivity index (χ1n) is 5.46. The second-order valence-corrected chi connectivity index (χ2v) is 6.42. The maximum Gasteiger partial charge on any atom is 0.269 e. The quantitative estimate of drug-likeness (QED) is 0.838. The largest absolute Gasteiger partial charge is 0.350 e. The second-order valence-electron chi connectivity index (χ2n) is 4.19. The molecule has 0 spiro atoms. The zero-order chi connectivity index (χ0) is 12.3. The number of amides is 1. The second kappa shape index (κ2) is 4.83. The molecule has 6 heteroatoms. The van der Waals surface area contributed by atoms with E-state index in [0.29, 0.717) is 18.7 Å². The Labute approximate surface area is 100 Å². The fraction of sp³-hybridized carbons (Fsp3) is 0.455. The van der Waals surface area contributed by atoms with Gasteiger partial charge in [-0.05, 0) is 24.5 Å². The molecule has 1 saturated heterocycles. The maximum atomic E-state index is 11.6. The Morgan fingerprint density at radius 3 is 2.88 bits per heavy atom. The molecular formula is C11H14N2O3S. The van der Waals surface area contributed by atoms with E-state index in [1.165, 1.54) is 0 Å². The summed E-state index contributed by atoms with van der Waals surface area (Å²) in [5.74, 6) is 0.189. The molecule has 2 rings (SSSR count). The SMILES string of the molecule is O=C(NC[C@H]1CCS(=O)(=O)C1)c1ccccn1. The highest BCUT2D eigenvalue weighted by Gasteiger charge is 2.27. The summed E-state index contributed by atoms with van der Waals surface area (Å²) in [5, 5.41) is 2.71. The molecule has 2 heterocycles. The first-order chi connectivity index (χ1) is 8.07. The molecule has 1 N–H and O–H groups in total. The zero-order valence-electron chi connectivity index (χ0n) is 9.30. The summed E-state index contributed by atoms with van der Waals surface area (Å²) in [6, 6.07) is 5.10. The van der Waals surface area contributed by atoms with Gasteiger partial charge < -0.3 is 5.32 Å². The van der Waals surface area contributed by atoms with E-state index in [1.54, 1.807) is 24.4 Å². The number of carbonyl (C=O) groups is 1. The number of hydrogen-bond acceptors (Lipinski definition) is 4. The van der Waals surface area contributed by atoms with Crippen LogP contribution in [-0.2, 0) is 9.84 Å². The third-order valence-electron chi connectivity index (χ3n) is 2.78. The van der Waals surface area contributed by atoms with Gasteiger partial charge in [-0.1, -0.05) is 6.07 Å². The minimum absolute atomic E-state index is 0.0349. The van der Waals surface area contributed by atoms with Gasteiger partial charge in [-0.25, -0.2) is 8.42 Å². The van der Waals surface area contributed by atoms with Gasteiger partial charge in [0.05, 0.1) is 11.5 Å². The summed E-state index contributed by atoms with van der Waals surface area (Å²) in [7, 11) is -2.87. The molecule has 92 valence electrons. The maximum absolute atomic E-state index is 11.6. The van der Waals surface area contributed by atoms with Crippen LogP contribution in [0.2, 0.25) is 0 Å². The number of sulfone groups is 1. The number of aromatic nitrogens is 1. The predicted molar refractivity (Wildman–Crippen MR) is 63.3 cm³/mol. The van der Waals surface area contributed by atoms with E-state index in [2.05, 4.69) is 10.3 Å². The Bertz CT molecular complexity index is 499. The minimum Gasteiger partial charge on any atom is -0.350 e. The van der Waals surface area contributed by atoms with E-state index in [4.69, 9.17) is 0 Å². The van der Waals surface area contributed by atoms with Gasteiger partial charge in [-0.15, -0.1) is 0 Å². The summed E-state index contributed by atoms with van der Waals surface area (Å²) in [5.41, 5.74) is 0.355. The molecule has 1 aliphatic heterocycles. The average Bonchev–Trinajstić information content (AvgIpc) is 2.67. The Morgan fingerprint density at radius 2 is 2.29 bits per heavy atom. The highest BCUT2D eigenvalue weighted by Crippen LogP contribution is 2.17. The van der Waals surface area contributed by atoms with E-state index in [1.807, 2.05) is 0 Å². The summed E-state index contributed by atoms with van der Waals surface area (Å²) < 4.78 is 22.5. The van der Waals surface area contributed by atoms with Crippen LogP contribution in [0.1, 0.15) is 16.9 Å². The lowest BCUT2D eigenvalue weighted by molar-refractivity contribution is 0.0943. The molecule has 0 bridgehead atoms. The van der Waals surface area contributed by atoms with Crippen molar-refractivity contribution >= 4 is 15.7 Å². The highest BCUT2D eigenvalue weighted by atomic mass is 32.2. The van der Waals surface area contributed by atoms with Gasteiger partial charge in [-0.2, -0.15) is 0 Å². The van der Waals surface area contributed by atoms with E-state index in [-0.39, 0.29) is 23.3 Å². The molecule has 0 radical (unpaired) electrons. The number of carbonyl (C=O) groups excluding carboxylic acids is 1. The Hall–Kier alpha value is -1.43. The molecule has 5 nitrogen and oxygen atoms in total. The molecule has 1 aromatic heterocycles. The van der Waals surface area contributed by atoms with Crippen molar-refractivity contribution in [2.75, 3.05) is 18.1 Å².